The highest BCUT2D eigenvalue weighted by atomic mass is 35.5. The van der Waals surface area contributed by atoms with E-state index in [2.05, 4.69) is 10.3 Å². The summed E-state index contributed by atoms with van der Waals surface area (Å²) >= 11 is 5.75. The van der Waals surface area contributed by atoms with E-state index in [4.69, 9.17) is 21.4 Å². The van der Waals surface area contributed by atoms with Crippen molar-refractivity contribution < 1.29 is 14.6 Å². The van der Waals surface area contributed by atoms with E-state index >= 15 is 0 Å². The molecule has 2 rings (SSSR count). The summed E-state index contributed by atoms with van der Waals surface area (Å²) in [6, 6.07) is 1.44. The molecule has 0 aliphatic carbocycles. The van der Waals surface area contributed by atoms with Gasteiger partial charge in [-0.1, -0.05) is 11.6 Å². The Morgan fingerprint density at radius 2 is 2.47 bits per heavy atom. The largest absolute Gasteiger partial charge is 0.478 e. The molecule has 1 unspecified atom stereocenters. The quantitative estimate of drug-likeness (QED) is 0.866. The van der Waals surface area contributed by atoms with Gasteiger partial charge in [-0.2, -0.15) is 0 Å². The molecule has 1 aliphatic rings. The normalized spacial score (nSPS) is 23.6. The lowest BCUT2D eigenvalue weighted by atomic mass is 10.0. The summed E-state index contributed by atoms with van der Waals surface area (Å²) in [6.45, 7) is 3.29. The Hall–Kier alpha value is -1.33. The lowest BCUT2D eigenvalue weighted by molar-refractivity contribution is 0.0697. The molecule has 0 amide bonds. The topological polar surface area (TPSA) is 71.5 Å². The van der Waals surface area contributed by atoms with Crippen LogP contribution in [0.4, 0.5) is 5.82 Å². The Morgan fingerprint density at radius 3 is 3.06 bits per heavy atom. The average molecular weight is 257 g/mol. The van der Waals surface area contributed by atoms with E-state index in [1.807, 2.05) is 6.92 Å². The van der Waals surface area contributed by atoms with E-state index < -0.39 is 5.97 Å². The molecule has 1 saturated heterocycles. The van der Waals surface area contributed by atoms with Gasteiger partial charge in [0.2, 0.25) is 0 Å². The first-order valence-corrected chi connectivity index (χ1v) is 5.63. The SMILES string of the molecule is CC1(Nc2cc(C(=O)O)c(Cl)cn2)CCOC1. The molecule has 0 radical (unpaired) electrons. The van der Waals surface area contributed by atoms with E-state index in [0.717, 1.165) is 6.42 Å². The highest BCUT2D eigenvalue weighted by Gasteiger charge is 2.30. The third-order valence-corrected chi connectivity index (χ3v) is 3.04. The Kier molecular flexibility index (Phi) is 3.22. The molecule has 1 aromatic heterocycles. The first kappa shape index (κ1) is 12.1. The predicted molar refractivity (Wildman–Crippen MR) is 63.7 cm³/mol. The summed E-state index contributed by atoms with van der Waals surface area (Å²) < 4.78 is 5.30. The van der Waals surface area contributed by atoms with Gasteiger partial charge in [0.15, 0.2) is 0 Å². The van der Waals surface area contributed by atoms with Crippen LogP contribution in [0.15, 0.2) is 12.3 Å². The van der Waals surface area contributed by atoms with Crippen LogP contribution in [-0.4, -0.2) is 34.8 Å². The molecular weight excluding hydrogens is 244 g/mol. The fraction of sp³-hybridized carbons (Fsp3) is 0.455. The van der Waals surface area contributed by atoms with Crippen molar-refractivity contribution in [1.29, 1.82) is 0 Å². The summed E-state index contributed by atoms with van der Waals surface area (Å²) in [5, 5.41) is 12.3. The number of rotatable bonds is 3. The second-order valence-electron chi connectivity index (χ2n) is 4.34. The van der Waals surface area contributed by atoms with Crippen molar-refractivity contribution in [3.8, 4) is 0 Å². The molecule has 17 heavy (non-hydrogen) atoms. The number of nitrogens with zero attached hydrogens (tertiary/aromatic N) is 1. The number of pyridine rings is 1. The molecule has 0 aromatic carbocycles. The van der Waals surface area contributed by atoms with Gasteiger partial charge in [-0.05, 0) is 19.4 Å². The highest BCUT2D eigenvalue weighted by molar-refractivity contribution is 6.33. The molecule has 92 valence electrons. The number of aromatic nitrogens is 1. The summed E-state index contributed by atoms with van der Waals surface area (Å²) in [4.78, 5) is 15.0. The molecule has 1 fully saturated rings. The van der Waals surface area contributed by atoms with Crippen molar-refractivity contribution in [2.75, 3.05) is 18.5 Å². The van der Waals surface area contributed by atoms with Gasteiger partial charge in [0.1, 0.15) is 5.82 Å². The van der Waals surface area contributed by atoms with Crippen LogP contribution >= 0.6 is 11.6 Å². The van der Waals surface area contributed by atoms with Gasteiger partial charge in [-0.25, -0.2) is 9.78 Å². The van der Waals surface area contributed by atoms with Crippen LogP contribution in [0, 0.1) is 0 Å². The van der Waals surface area contributed by atoms with Crippen molar-refractivity contribution in [2.45, 2.75) is 18.9 Å². The number of halogens is 1. The number of hydrogen-bond acceptors (Lipinski definition) is 4. The monoisotopic (exact) mass is 256 g/mol. The van der Waals surface area contributed by atoms with Crippen LogP contribution in [-0.2, 0) is 4.74 Å². The number of carboxylic acids is 1. The summed E-state index contributed by atoms with van der Waals surface area (Å²) in [5.74, 6) is -0.562. The highest BCUT2D eigenvalue weighted by Crippen LogP contribution is 2.25. The van der Waals surface area contributed by atoms with Crippen molar-refractivity contribution in [3.63, 3.8) is 0 Å². The molecule has 0 spiro atoms. The fourth-order valence-electron chi connectivity index (χ4n) is 1.75. The van der Waals surface area contributed by atoms with E-state index in [9.17, 15) is 4.79 Å². The van der Waals surface area contributed by atoms with Crippen LogP contribution in [0.25, 0.3) is 0 Å². The Morgan fingerprint density at radius 1 is 1.71 bits per heavy atom. The number of aromatic carboxylic acids is 1. The molecule has 0 saturated carbocycles. The second kappa shape index (κ2) is 4.50. The molecule has 1 aromatic rings. The van der Waals surface area contributed by atoms with E-state index in [1.165, 1.54) is 12.3 Å². The van der Waals surface area contributed by atoms with Crippen LogP contribution in [0.5, 0.6) is 0 Å². The average Bonchev–Trinajstić information content (AvgIpc) is 2.67. The Balaban J connectivity index is 2.22. The maximum atomic E-state index is 10.9. The molecular formula is C11H13ClN2O3. The van der Waals surface area contributed by atoms with E-state index in [1.54, 1.807) is 0 Å². The summed E-state index contributed by atoms with van der Waals surface area (Å²) in [6.07, 6.45) is 2.20. The third kappa shape index (κ3) is 2.68. The first-order valence-electron chi connectivity index (χ1n) is 5.25. The molecule has 2 heterocycles. The van der Waals surface area contributed by atoms with Crippen molar-refractivity contribution in [2.24, 2.45) is 0 Å². The molecule has 5 nitrogen and oxygen atoms in total. The molecule has 0 bridgehead atoms. The smallest absolute Gasteiger partial charge is 0.337 e. The number of carboxylic acid groups (broad SMARTS) is 1. The number of anilines is 1. The third-order valence-electron chi connectivity index (χ3n) is 2.73. The van der Waals surface area contributed by atoms with Crippen molar-refractivity contribution in [1.82, 2.24) is 4.98 Å². The Bertz CT molecular complexity index is 444. The number of hydrogen-bond donors (Lipinski definition) is 2. The number of ether oxygens (including phenoxy) is 1. The van der Waals surface area contributed by atoms with Gasteiger partial charge in [-0.3, -0.25) is 0 Å². The minimum atomic E-state index is -1.06. The molecule has 2 N–H and O–H groups in total. The van der Waals surface area contributed by atoms with Crippen LogP contribution in [0.3, 0.4) is 0 Å². The van der Waals surface area contributed by atoms with Gasteiger partial charge >= 0.3 is 5.97 Å². The number of carbonyl (C=O) groups is 1. The maximum absolute atomic E-state index is 10.9. The summed E-state index contributed by atoms with van der Waals surface area (Å²) in [5.41, 5.74) is -0.150. The molecule has 6 heteroatoms. The minimum absolute atomic E-state index is 0.0479. The first-order chi connectivity index (χ1) is 8.00. The zero-order chi connectivity index (χ0) is 12.5. The van der Waals surface area contributed by atoms with Crippen LogP contribution in [0.1, 0.15) is 23.7 Å². The van der Waals surface area contributed by atoms with Crippen LogP contribution < -0.4 is 5.32 Å². The lowest BCUT2D eigenvalue weighted by Gasteiger charge is -2.24. The standard InChI is InChI=1S/C11H13ClN2O3/c1-11(2-3-17-6-11)14-9-4-7(10(15)16)8(12)5-13-9/h4-5H,2-3,6H2,1H3,(H,13,14)(H,15,16). The van der Waals surface area contributed by atoms with Gasteiger partial charge in [0.25, 0.3) is 0 Å². The zero-order valence-electron chi connectivity index (χ0n) is 9.36. The molecule has 1 aliphatic heterocycles. The predicted octanol–water partition coefficient (Wildman–Crippen LogP) is 2.02. The van der Waals surface area contributed by atoms with Gasteiger partial charge in [0, 0.05) is 12.8 Å². The second-order valence-corrected chi connectivity index (χ2v) is 4.75. The Labute approximate surface area is 104 Å². The summed E-state index contributed by atoms with van der Waals surface area (Å²) in [7, 11) is 0. The zero-order valence-corrected chi connectivity index (χ0v) is 10.1. The van der Waals surface area contributed by atoms with E-state index in [-0.39, 0.29) is 16.1 Å². The van der Waals surface area contributed by atoms with Crippen molar-refractivity contribution >= 4 is 23.4 Å². The maximum Gasteiger partial charge on any atom is 0.337 e. The van der Waals surface area contributed by atoms with Gasteiger partial charge < -0.3 is 15.2 Å². The van der Waals surface area contributed by atoms with E-state index in [0.29, 0.717) is 19.0 Å². The van der Waals surface area contributed by atoms with Gasteiger partial charge in [-0.15, -0.1) is 0 Å². The lowest BCUT2D eigenvalue weighted by Crippen LogP contribution is -2.35. The van der Waals surface area contributed by atoms with Crippen molar-refractivity contribution in [3.05, 3.63) is 22.8 Å². The minimum Gasteiger partial charge on any atom is -0.478 e. The fourth-order valence-corrected chi connectivity index (χ4v) is 1.93. The van der Waals surface area contributed by atoms with Gasteiger partial charge in [0.05, 0.1) is 22.7 Å². The van der Waals surface area contributed by atoms with Crippen LogP contribution in [0.2, 0.25) is 5.02 Å². The number of nitrogens with one attached hydrogen (secondary N) is 1. The molecule has 1 atom stereocenters.